The Morgan fingerprint density at radius 1 is 0.692 bits per heavy atom. The Hall–Kier alpha value is 0. The third kappa shape index (κ3) is 4.69. The van der Waals surface area contributed by atoms with Gasteiger partial charge in [0.25, 0.3) is 0 Å². The second-order valence-corrected chi connectivity index (χ2v) is 4.79. The normalized spacial score (nSPS) is 23.3. The molecular formula is C13H25. The molecule has 1 aliphatic carbocycles. The van der Waals surface area contributed by atoms with Crippen molar-refractivity contribution in [3.05, 3.63) is 5.92 Å². The number of rotatable bonds is 1. The highest BCUT2D eigenvalue weighted by Crippen LogP contribution is 2.28. The molecule has 0 unspecified atom stereocenters. The van der Waals surface area contributed by atoms with E-state index in [9.17, 15) is 0 Å². The third-order valence-electron chi connectivity index (χ3n) is 3.31. The molecule has 0 heteroatoms. The van der Waals surface area contributed by atoms with Crippen molar-refractivity contribution in [3.63, 3.8) is 0 Å². The van der Waals surface area contributed by atoms with E-state index in [1.165, 1.54) is 57.8 Å². The van der Waals surface area contributed by atoms with E-state index in [4.69, 9.17) is 0 Å². The molecule has 0 heterocycles. The number of hydrogen-bond acceptors (Lipinski definition) is 0. The minimum absolute atomic E-state index is 0.833. The molecule has 0 bridgehead atoms. The Morgan fingerprint density at radius 3 is 1.46 bits per heavy atom. The van der Waals surface area contributed by atoms with Gasteiger partial charge in [-0.05, 0) is 24.7 Å². The predicted octanol–water partition coefficient (Wildman–Crippen LogP) is 4.74. The van der Waals surface area contributed by atoms with Crippen molar-refractivity contribution in [1.29, 1.82) is 0 Å². The zero-order valence-corrected chi connectivity index (χ0v) is 9.44. The van der Waals surface area contributed by atoms with Crippen molar-refractivity contribution in [3.8, 4) is 0 Å². The Morgan fingerprint density at radius 2 is 1.08 bits per heavy atom. The first-order chi connectivity index (χ1) is 6.30. The molecule has 13 heavy (non-hydrogen) atoms. The first-order valence-electron chi connectivity index (χ1n) is 6.15. The summed E-state index contributed by atoms with van der Waals surface area (Å²) in [5.41, 5.74) is 0. The molecule has 1 aliphatic rings. The average Bonchev–Trinajstić information content (AvgIpc) is 2.14. The molecule has 0 N–H and O–H groups in total. The van der Waals surface area contributed by atoms with Gasteiger partial charge in [0.15, 0.2) is 0 Å². The topological polar surface area (TPSA) is 0 Å². The molecule has 0 aromatic rings. The van der Waals surface area contributed by atoms with Crippen LogP contribution in [0.5, 0.6) is 0 Å². The first-order valence-corrected chi connectivity index (χ1v) is 6.15. The van der Waals surface area contributed by atoms with Gasteiger partial charge in [0.05, 0.1) is 0 Å². The smallest absolute Gasteiger partial charge is 0.0215 e. The molecule has 1 saturated carbocycles. The van der Waals surface area contributed by atoms with E-state index >= 15 is 0 Å². The maximum absolute atomic E-state index is 2.36. The Kier molecular flexibility index (Phi) is 5.50. The fourth-order valence-electron chi connectivity index (χ4n) is 2.29. The Bertz CT molecular complexity index is 105. The zero-order chi connectivity index (χ0) is 9.52. The molecule has 0 aliphatic heterocycles. The maximum atomic E-state index is 2.36. The van der Waals surface area contributed by atoms with E-state index in [0.717, 1.165) is 5.92 Å². The van der Waals surface area contributed by atoms with Crippen LogP contribution in [0.3, 0.4) is 0 Å². The summed E-state index contributed by atoms with van der Waals surface area (Å²) < 4.78 is 0. The summed E-state index contributed by atoms with van der Waals surface area (Å²) in [5, 5.41) is 0. The molecule has 0 saturated heterocycles. The van der Waals surface area contributed by atoms with Gasteiger partial charge >= 0.3 is 0 Å². The molecule has 0 aromatic carbocycles. The molecule has 1 fully saturated rings. The molecule has 77 valence electrons. The molecule has 0 nitrogen and oxygen atoms in total. The summed E-state index contributed by atoms with van der Waals surface area (Å²) in [5.74, 6) is 2.67. The SMILES string of the molecule is CC(C)[C]1CCCCCCCCC1. The molecule has 1 radical (unpaired) electrons. The van der Waals surface area contributed by atoms with Gasteiger partial charge in [0, 0.05) is 0 Å². The summed E-state index contributed by atoms with van der Waals surface area (Å²) in [4.78, 5) is 0. The van der Waals surface area contributed by atoms with Crippen molar-refractivity contribution in [2.24, 2.45) is 5.92 Å². The second-order valence-electron chi connectivity index (χ2n) is 4.79. The summed E-state index contributed by atoms with van der Waals surface area (Å²) in [6.07, 6.45) is 13.1. The van der Waals surface area contributed by atoms with Crippen LogP contribution in [0.4, 0.5) is 0 Å². The lowest BCUT2D eigenvalue weighted by Crippen LogP contribution is -2.07. The van der Waals surface area contributed by atoms with Crippen molar-refractivity contribution in [2.45, 2.75) is 71.6 Å². The maximum Gasteiger partial charge on any atom is -0.0215 e. The van der Waals surface area contributed by atoms with Crippen LogP contribution in [0.2, 0.25) is 0 Å². The van der Waals surface area contributed by atoms with Gasteiger partial charge in [-0.2, -0.15) is 0 Å². The van der Waals surface area contributed by atoms with Crippen LogP contribution in [0.1, 0.15) is 71.6 Å². The highest BCUT2D eigenvalue weighted by Gasteiger charge is 2.13. The standard InChI is InChI=1S/C13H25/c1-12(2)13-10-8-6-4-3-5-7-9-11-13/h12H,3-11H2,1-2H3. The lowest BCUT2D eigenvalue weighted by Gasteiger charge is -2.21. The van der Waals surface area contributed by atoms with Gasteiger partial charge < -0.3 is 0 Å². The predicted molar refractivity (Wildman–Crippen MR) is 59.6 cm³/mol. The largest absolute Gasteiger partial charge is 0.0622 e. The minimum atomic E-state index is 0.833. The minimum Gasteiger partial charge on any atom is -0.0622 e. The molecular weight excluding hydrogens is 156 g/mol. The van der Waals surface area contributed by atoms with Gasteiger partial charge in [-0.15, -0.1) is 0 Å². The molecule has 0 atom stereocenters. The number of hydrogen-bond donors (Lipinski definition) is 0. The first kappa shape index (κ1) is 11.1. The molecule has 1 rings (SSSR count). The van der Waals surface area contributed by atoms with E-state index in [1.807, 2.05) is 5.92 Å². The van der Waals surface area contributed by atoms with Gasteiger partial charge in [-0.25, -0.2) is 0 Å². The fraction of sp³-hybridized carbons (Fsp3) is 0.923. The summed E-state index contributed by atoms with van der Waals surface area (Å²) in [7, 11) is 0. The molecule has 0 amide bonds. The van der Waals surface area contributed by atoms with Crippen molar-refractivity contribution in [2.75, 3.05) is 0 Å². The van der Waals surface area contributed by atoms with Crippen LogP contribution in [-0.4, -0.2) is 0 Å². The zero-order valence-electron chi connectivity index (χ0n) is 9.44. The summed E-state index contributed by atoms with van der Waals surface area (Å²) in [6.45, 7) is 4.72. The van der Waals surface area contributed by atoms with Gasteiger partial charge in [-0.3, -0.25) is 0 Å². The lowest BCUT2D eigenvalue weighted by molar-refractivity contribution is 0.469. The third-order valence-corrected chi connectivity index (χ3v) is 3.31. The highest BCUT2D eigenvalue weighted by atomic mass is 14.2. The van der Waals surface area contributed by atoms with Crippen LogP contribution >= 0.6 is 0 Å². The van der Waals surface area contributed by atoms with Crippen LogP contribution in [0, 0.1) is 11.8 Å². The van der Waals surface area contributed by atoms with Gasteiger partial charge in [0.1, 0.15) is 0 Å². The van der Waals surface area contributed by atoms with Crippen molar-refractivity contribution in [1.82, 2.24) is 0 Å². The Labute approximate surface area is 84.1 Å². The van der Waals surface area contributed by atoms with E-state index < -0.39 is 0 Å². The van der Waals surface area contributed by atoms with E-state index in [0.29, 0.717) is 0 Å². The van der Waals surface area contributed by atoms with Crippen LogP contribution < -0.4 is 0 Å². The van der Waals surface area contributed by atoms with Crippen LogP contribution in [0.15, 0.2) is 0 Å². The van der Waals surface area contributed by atoms with Gasteiger partial charge in [0.2, 0.25) is 0 Å². The average molecular weight is 181 g/mol. The highest BCUT2D eigenvalue weighted by molar-refractivity contribution is 4.92. The lowest BCUT2D eigenvalue weighted by atomic mass is 9.85. The summed E-state index contributed by atoms with van der Waals surface area (Å²) >= 11 is 0. The van der Waals surface area contributed by atoms with E-state index in [1.54, 1.807) is 0 Å². The molecule has 0 aromatic heterocycles. The van der Waals surface area contributed by atoms with Crippen molar-refractivity contribution >= 4 is 0 Å². The van der Waals surface area contributed by atoms with E-state index in [-0.39, 0.29) is 0 Å². The second kappa shape index (κ2) is 6.45. The Balaban J connectivity index is 2.26. The monoisotopic (exact) mass is 181 g/mol. The van der Waals surface area contributed by atoms with Crippen LogP contribution in [0.25, 0.3) is 0 Å². The summed E-state index contributed by atoms with van der Waals surface area (Å²) in [6, 6.07) is 0. The van der Waals surface area contributed by atoms with Crippen LogP contribution in [-0.2, 0) is 0 Å². The van der Waals surface area contributed by atoms with E-state index in [2.05, 4.69) is 13.8 Å². The molecule has 0 spiro atoms. The van der Waals surface area contributed by atoms with Crippen molar-refractivity contribution < 1.29 is 0 Å². The fourth-order valence-corrected chi connectivity index (χ4v) is 2.29. The van der Waals surface area contributed by atoms with Gasteiger partial charge in [-0.1, -0.05) is 58.8 Å². The quantitative estimate of drug-likeness (QED) is 0.548.